The Balaban J connectivity index is 0.000000207. The fourth-order valence-electron chi connectivity index (χ4n) is 31.4. The van der Waals surface area contributed by atoms with Crippen molar-refractivity contribution in [1.29, 1.82) is 0 Å². The summed E-state index contributed by atoms with van der Waals surface area (Å²) in [4.78, 5) is 0. The van der Waals surface area contributed by atoms with E-state index in [1.54, 1.807) is 168 Å². The van der Waals surface area contributed by atoms with E-state index < -0.39 is 0 Å². The van der Waals surface area contributed by atoms with Gasteiger partial charge in [-0.15, -0.1) is 0 Å². The van der Waals surface area contributed by atoms with E-state index in [2.05, 4.69) is 164 Å². The predicted molar refractivity (Wildman–Crippen MR) is 552 cm³/mol. The summed E-state index contributed by atoms with van der Waals surface area (Å²) in [6.07, 6.45) is 79.1. The van der Waals surface area contributed by atoms with Gasteiger partial charge in [0.05, 0.1) is 0 Å². The van der Waals surface area contributed by atoms with E-state index in [4.69, 9.17) is 16.0 Å². The van der Waals surface area contributed by atoms with E-state index in [9.17, 15) is 0 Å². The largest absolute Gasteiger partial charge is 2.00 e. The van der Waals surface area contributed by atoms with Crippen molar-refractivity contribution in [2.75, 3.05) is 13.2 Å². The van der Waals surface area contributed by atoms with Crippen LogP contribution >= 0.6 is 50.2 Å². The number of hydrogen-bond acceptors (Lipinski definition) is 1. The molecule has 0 radical (unpaired) electrons. The number of hydrogen-bond donors (Lipinski definition) is 0. The molecule has 1 aliphatic heterocycles. The fourth-order valence-corrected chi connectivity index (χ4v) is 52.1. The van der Waals surface area contributed by atoms with E-state index in [1.165, 1.54) is 221 Å². The maximum Gasteiger partial charge on any atom is 2.00 e. The maximum atomic E-state index is 7.59. The third-order valence-corrected chi connectivity index (χ3v) is 52.8. The molecule has 6 aromatic carbocycles. The number of ether oxygens (including phenoxy) is 1. The molecule has 0 aromatic heterocycles. The Kier molecular flexibility index (Phi) is 50.7. The van der Waals surface area contributed by atoms with Gasteiger partial charge in [-0.05, 0) is 383 Å². The smallest absolute Gasteiger partial charge is 0.381 e. The molecule has 0 unspecified atom stereocenters. The topological polar surface area (TPSA) is 9.23 Å². The summed E-state index contributed by atoms with van der Waals surface area (Å²) >= 11 is 7.59. The van der Waals surface area contributed by atoms with Gasteiger partial charge in [-0.3, -0.25) is 0 Å². The molecule has 0 spiro atoms. The summed E-state index contributed by atoms with van der Waals surface area (Å²) in [6, 6.07) is 68.4. The van der Waals surface area contributed by atoms with E-state index in [0.717, 1.165) is 81.7 Å². The van der Waals surface area contributed by atoms with Crippen LogP contribution in [-0.2, 0) is 55.9 Å². The molecule has 698 valence electrons. The Morgan fingerprint density at radius 1 is 0.266 bits per heavy atom. The summed E-state index contributed by atoms with van der Waals surface area (Å²) in [5, 5.41) is 10.9. The summed E-state index contributed by atoms with van der Waals surface area (Å²) < 4.78 is 4.94. The van der Waals surface area contributed by atoms with Crippen LogP contribution in [0.2, 0.25) is 0 Å². The molecule has 23 aliphatic rings. The molecule has 29 rings (SSSR count). The maximum absolute atomic E-state index is 7.59. The van der Waals surface area contributed by atoms with E-state index in [0.29, 0.717) is 18.2 Å². The van der Waals surface area contributed by atoms with Gasteiger partial charge in [0.1, 0.15) is 0 Å². The molecule has 1 heterocycles. The van der Waals surface area contributed by atoms with Crippen LogP contribution in [0.1, 0.15) is 321 Å². The molecule has 23 fully saturated rings. The first-order chi connectivity index (χ1) is 57.7. The molecule has 16 bridgehead atoms. The minimum Gasteiger partial charge on any atom is -0.381 e. The van der Waals surface area contributed by atoms with Crippen LogP contribution in [0.4, 0.5) is 0 Å². The Hall–Kier alpha value is 0.473. The molecule has 0 atom stereocenters. The van der Waals surface area contributed by atoms with Crippen molar-refractivity contribution in [3.63, 3.8) is 0 Å². The van der Waals surface area contributed by atoms with Gasteiger partial charge in [0.25, 0.3) is 0 Å². The monoisotopic (exact) mass is 1950 g/mol. The molecule has 1 saturated heterocycles. The van der Waals surface area contributed by atoms with Crippen LogP contribution in [0.15, 0.2) is 182 Å². The van der Waals surface area contributed by atoms with Gasteiger partial charge in [0.15, 0.2) is 0 Å². The third kappa shape index (κ3) is 28.7. The molecule has 1 nitrogen and oxygen atoms in total. The summed E-state index contributed by atoms with van der Waals surface area (Å²) in [5.41, 5.74) is 5.10. The van der Waals surface area contributed by atoms with E-state index in [-0.39, 0.29) is 165 Å². The van der Waals surface area contributed by atoms with Gasteiger partial charge >= 0.3 is 88.9 Å². The predicted octanol–water partition coefficient (Wildman–Crippen LogP) is 27.5. The van der Waals surface area contributed by atoms with Crippen LogP contribution in [-0.4, -0.2) is 62.1 Å². The zero-order valence-electron chi connectivity index (χ0n) is 81.6. The molecular formula is C116H170ClFe3Li2OP5. The van der Waals surface area contributed by atoms with Crippen molar-refractivity contribution in [2.45, 2.75) is 370 Å². The molecule has 12 heteroatoms. The molecule has 128 heavy (non-hydrogen) atoms. The van der Waals surface area contributed by atoms with Crippen LogP contribution in [0.25, 0.3) is 0 Å². The van der Waals surface area contributed by atoms with Gasteiger partial charge in [-0.1, -0.05) is 256 Å². The van der Waals surface area contributed by atoms with Gasteiger partial charge in [0, 0.05) is 30.8 Å². The second-order valence-corrected chi connectivity index (χ2v) is 57.3. The van der Waals surface area contributed by atoms with Crippen LogP contribution in [0, 0.1) is 128 Å². The molecule has 22 saturated carbocycles. The zero-order chi connectivity index (χ0) is 78.7. The number of benzene rings is 6. The van der Waals surface area contributed by atoms with Crippen molar-refractivity contribution in [3.05, 3.63) is 239 Å². The summed E-state index contributed by atoms with van der Waals surface area (Å²) in [5.74, 6) is 13.4. The minimum atomic E-state index is -0.257. The SMILES string of the molecule is C1CCC(P(C23CC4CC(CC(C4)C2)C3)C23CC4CC(CC(C4)C2)C3)C1.C1CCOC1.ClP(C12CC3CC(CC(C3)C1)C2)C12CC3CC(CC(C3)C1)C2.[CH-]1CCCC1.[CH3-].[CH3-].[CH3-].[CH3-].[CH3-].[CH3-].[Fe+2].[Fe+2].[Fe+2].[Li+].[Li+].[c-]1ccccc1.c1ccc(P(C2CCCC2)C2CCCC2)cc1.c1ccc(P(c2ccccc2)C2CCCC2)cc1.c1ccc(P(c2ccccc2)C2CCCC2)cc1. The molecule has 22 aliphatic carbocycles. The van der Waals surface area contributed by atoms with Gasteiger partial charge in [-0.2, -0.15) is 49.2 Å². The molecule has 6 aromatic rings. The van der Waals surface area contributed by atoms with Crippen molar-refractivity contribution < 1.29 is 93.7 Å². The molecule has 0 amide bonds. The van der Waals surface area contributed by atoms with E-state index in [1.807, 2.05) is 30.3 Å². The van der Waals surface area contributed by atoms with Gasteiger partial charge in [0.2, 0.25) is 0 Å². The first-order valence-corrected chi connectivity index (χ1v) is 57.8. The minimum absolute atomic E-state index is 0. The Labute approximate surface area is 855 Å². The second-order valence-electron chi connectivity index (χ2n) is 42.7. The fraction of sp³-hybridized carbons (Fsp3) is 0.629. The summed E-state index contributed by atoms with van der Waals surface area (Å²) in [7, 11) is -0.129. The molecule has 0 N–H and O–H groups in total. The van der Waals surface area contributed by atoms with Gasteiger partial charge in [-0.25, -0.2) is 0 Å². The van der Waals surface area contributed by atoms with Crippen LogP contribution in [0.3, 0.4) is 0 Å². The third-order valence-electron chi connectivity index (χ3n) is 34.1. The Morgan fingerprint density at radius 3 is 0.688 bits per heavy atom. The van der Waals surface area contributed by atoms with Crippen molar-refractivity contribution >= 4 is 76.7 Å². The second kappa shape index (κ2) is 56.2. The first-order valence-electron chi connectivity index (χ1n) is 49.9. The zero-order valence-corrected chi connectivity index (χ0v) is 90.1. The number of halogens is 1. The quantitative estimate of drug-likeness (QED) is 0.0600. The average molecular weight is 1950 g/mol. The Morgan fingerprint density at radius 2 is 0.484 bits per heavy atom. The average Bonchev–Trinajstić information content (AvgIpc) is 1.29. The van der Waals surface area contributed by atoms with Crippen molar-refractivity contribution in [1.82, 2.24) is 0 Å². The number of rotatable bonds is 14. The Bertz CT molecular complexity index is 3440. The normalized spacial score (nSPS) is 32.5. The first kappa shape index (κ1) is 115. The van der Waals surface area contributed by atoms with Crippen molar-refractivity contribution in [3.8, 4) is 0 Å². The molecular weight excluding hydrogens is 1780 g/mol. The summed E-state index contributed by atoms with van der Waals surface area (Å²) in [6.45, 7) is 2.00. The van der Waals surface area contributed by atoms with Gasteiger partial charge < -0.3 is 55.7 Å². The van der Waals surface area contributed by atoms with E-state index >= 15 is 0 Å². The van der Waals surface area contributed by atoms with Crippen molar-refractivity contribution in [2.24, 2.45) is 71.0 Å². The van der Waals surface area contributed by atoms with Crippen LogP contribution in [0.5, 0.6) is 0 Å². The standard InChI is InChI=1S/C25H39P.C20H30ClP.2C17H19P.C16H23P.C6H5.C5H9.C4H8O.6CH3.3Fe.2Li/c1-2-4-23(3-1)26(24-11-17-5-18(12-24)7-19(6-17)13-24)25-14-20-8-21(15-25)10-22(9-20)16-25;21-22(19-7-13-1-14(8-19)3-15(2-13)9-19)20-10-16-4-17(11-20)6-18(5-16)12-20;2*1-3-9-15(10-4-1)18(17-13-7-8-14-17)16-11-5-2-6-12-16;1-2-8-14(9-3-1)17(15-10-4-5-11-15)16-12-6-7-13-16;1-2-4-6-5-3-1;2*1-2-4-5-3-1;;;;;;;;;;;/h17-23H,1-16H2;13-18H,1-12H2;2*1-6,9-12,17H,7-8,13-14H2;1-3,8-9,15-16H,4-7,10-13H2;1-5H;1H,2-5H2;1-4H2;6*1H3;;;;;/q;;;;;2*-1;;6*-1;3*+2;2*+1. The van der Waals surface area contributed by atoms with Crippen LogP contribution < -0.4 is 64.2 Å².